The molecule has 6 heteroatoms. The molecular formula is C20H24ClFN2OS. The Morgan fingerprint density at radius 1 is 1.19 bits per heavy atom. The molecule has 4 rings (SSSR count). The lowest BCUT2D eigenvalue weighted by atomic mass is 9.78. The molecule has 140 valence electrons. The number of thiophene rings is 1. The van der Waals surface area contributed by atoms with E-state index in [1.165, 1.54) is 18.6 Å². The molecule has 1 aromatic carbocycles. The van der Waals surface area contributed by atoms with E-state index in [0.29, 0.717) is 5.41 Å². The maximum absolute atomic E-state index is 13.1. The van der Waals surface area contributed by atoms with Gasteiger partial charge in [-0.25, -0.2) is 4.39 Å². The van der Waals surface area contributed by atoms with Crippen LogP contribution in [0.1, 0.15) is 33.8 Å². The number of benzene rings is 1. The van der Waals surface area contributed by atoms with Gasteiger partial charge in [-0.3, -0.25) is 4.79 Å². The molecule has 2 saturated heterocycles. The molecule has 1 spiro atoms. The standard InChI is InChI=1S/C20H23FN2OS.ClH/c1-14-17(15-2-4-16(21)5-3-15)12-18(25-14)19(24)23-10-7-20(8-11-23)6-9-22-13-20;/h2-5,12,22H,6-11,13H2,1H3;1H. The number of carbonyl (C=O) groups excluding carboxylic acids is 1. The van der Waals surface area contributed by atoms with Gasteiger partial charge in [0, 0.05) is 24.5 Å². The van der Waals surface area contributed by atoms with Crippen LogP contribution in [-0.4, -0.2) is 37.0 Å². The van der Waals surface area contributed by atoms with Crippen LogP contribution in [0.4, 0.5) is 4.39 Å². The van der Waals surface area contributed by atoms with E-state index in [2.05, 4.69) is 5.32 Å². The minimum Gasteiger partial charge on any atom is -0.338 e. The van der Waals surface area contributed by atoms with Crippen LogP contribution in [0, 0.1) is 18.2 Å². The molecule has 2 aliphatic heterocycles. The molecule has 1 N–H and O–H groups in total. The van der Waals surface area contributed by atoms with Gasteiger partial charge in [0.2, 0.25) is 0 Å². The number of hydrogen-bond acceptors (Lipinski definition) is 3. The highest BCUT2D eigenvalue weighted by molar-refractivity contribution is 7.14. The quantitative estimate of drug-likeness (QED) is 0.813. The predicted octanol–water partition coefficient (Wildman–Crippen LogP) is 4.50. The molecule has 1 aromatic heterocycles. The van der Waals surface area contributed by atoms with Gasteiger partial charge in [0.05, 0.1) is 4.88 Å². The van der Waals surface area contributed by atoms with Crippen molar-refractivity contribution >= 4 is 29.7 Å². The minimum atomic E-state index is -0.239. The number of amides is 1. The van der Waals surface area contributed by atoms with Gasteiger partial charge in [-0.15, -0.1) is 23.7 Å². The Hall–Kier alpha value is -1.43. The van der Waals surface area contributed by atoms with E-state index in [4.69, 9.17) is 0 Å². The zero-order valence-electron chi connectivity index (χ0n) is 14.9. The first-order chi connectivity index (χ1) is 12.1. The van der Waals surface area contributed by atoms with E-state index >= 15 is 0 Å². The normalized spacial score (nSPS) is 18.8. The summed E-state index contributed by atoms with van der Waals surface area (Å²) in [6.45, 7) is 5.93. The second-order valence-corrected chi connectivity index (χ2v) is 8.56. The van der Waals surface area contributed by atoms with E-state index in [1.807, 2.05) is 17.9 Å². The fourth-order valence-electron chi connectivity index (χ4n) is 4.07. The lowest BCUT2D eigenvalue weighted by Crippen LogP contribution is -2.43. The second-order valence-electron chi connectivity index (χ2n) is 7.31. The van der Waals surface area contributed by atoms with Crippen LogP contribution in [0.2, 0.25) is 0 Å². The van der Waals surface area contributed by atoms with Gasteiger partial charge in [0.25, 0.3) is 5.91 Å². The fraction of sp³-hybridized carbons (Fsp3) is 0.450. The molecule has 1 amide bonds. The van der Waals surface area contributed by atoms with Gasteiger partial charge < -0.3 is 10.2 Å². The molecule has 2 aliphatic rings. The van der Waals surface area contributed by atoms with Crippen molar-refractivity contribution in [2.45, 2.75) is 26.2 Å². The summed E-state index contributed by atoms with van der Waals surface area (Å²) in [5, 5.41) is 3.46. The van der Waals surface area contributed by atoms with Gasteiger partial charge in [0.15, 0.2) is 0 Å². The Morgan fingerprint density at radius 2 is 1.88 bits per heavy atom. The lowest BCUT2D eigenvalue weighted by Gasteiger charge is -2.38. The molecule has 0 radical (unpaired) electrons. The highest BCUT2D eigenvalue weighted by atomic mass is 35.5. The van der Waals surface area contributed by atoms with Crippen molar-refractivity contribution in [3.63, 3.8) is 0 Å². The van der Waals surface area contributed by atoms with Crippen LogP contribution in [0.25, 0.3) is 11.1 Å². The molecule has 0 bridgehead atoms. The van der Waals surface area contributed by atoms with E-state index in [9.17, 15) is 9.18 Å². The van der Waals surface area contributed by atoms with Crippen molar-refractivity contribution in [1.82, 2.24) is 10.2 Å². The summed E-state index contributed by atoms with van der Waals surface area (Å²) in [6, 6.07) is 8.45. The largest absolute Gasteiger partial charge is 0.338 e. The van der Waals surface area contributed by atoms with Crippen molar-refractivity contribution in [1.29, 1.82) is 0 Å². The third kappa shape index (κ3) is 3.66. The van der Waals surface area contributed by atoms with E-state index in [1.54, 1.807) is 23.5 Å². The number of carbonyl (C=O) groups is 1. The zero-order valence-corrected chi connectivity index (χ0v) is 16.5. The van der Waals surface area contributed by atoms with Crippen LogP contribution in [0.3, 0.4) is 0 Å². The van der Waals surface area contributed by atoms with Crippen LogP contribution in [0.15, 0.2) is 30.3 Å². The summed E-state index contributed by atoms with van der Waals surface area (Å²) in [6.07, 6.45) is 3.43. The number of hydrogen-bond donors (Lipinski definition) is 1. The average Bonchev–Trinajstić information content (AvgIpc) is 3.23. The number of aryl methyl sites for hydroxylation is 1. The lowest BCUT2D eigenvalue weighted by molar-refractivity contribution is 0.0612. The topological polar surface area (TPSA) is 32.3 Å². The molecule has 3 nitrogen and oxygen atoms in total. The summed E-state index contributed by atoms with van der Waals surface area (Å²) < 4.78 is 13.1. The number of likely N-dealkylation sites (tertiary alicyclic amines) is 1. The minimum absolute atomic E-state index is 0. The van der Waals surface area contributed by atoms with Crippen LogP contribution >= 0.6 is 23.7 Å². The SMILES string of the molecule is Cc1sc(C(=O)N2CCC3(CCNC3)CC2)cc1-c1ccc(F)cc1.Cl. The molecular weight excluding hydrogens is 371 g/mol. The van der Waals surface area contributed by atoms with Crippen molar-refractivity contribution in [2.75, 3.05) is 26.2 Å². The smallest absolute Gasteiger partial charge is 0.263 e. The molecule has 0 unspecified atom stereocenters. The van der Waals surface area contributed by atoms with Crippen LogP contribution in [0.5, 0.6) is 0 Å². The maximum atomic E-state index is 13.1. The van der Waals surface area contributed by atoms with Gasteiger partial charge in [-0.1, -0.05) is 12.1 Å². The zero-order chi connectivity index (χ0) is 17.4. The summed E-state index contributed by atoms with van der Waals surface area (Å²) in [5.41, 5.74) is 2.41. The summed E-state index contributed by atoms with van der Waals surface area (Å²) in [5.74, 6) is -0.0983. The molecule has 26 heavy (non-hydrogen) atoms. The summed E-state index contributed by atoms with van der Waals surface area (Å²) >= 11 is 1.54. The number of nitrogens with one attached hydrogen (secondary N) is 1. The van der Waals surface area contributed by atoms with E-state index in [0.717, 1.165) is 59.9 Å². The number of halogens is 2. The van der Waals surface area contributed by atoms with Gasteiger partial charge >= 0.3 is 0 Å². The second kappa shape index (κ2) is 7.67. The summed E-state index contributed by atoms with van der Waals surface area (Å²) in [7, 11) is 0. The molecule has 3 heterocycles. The Balaban J connectivity index is 0.00000196. The Morgan fingerprint density at radius 3 is 2.50 bits per heavy atom. The van der Waals surface area contributed by atoms with Crippen molar-refractivity contribution in [3.05, 3.63) is 45.9 Å². The van der Waals surface area contributed by atoms with E-state index < -0.39 is 0 Å². The van der Waals surface area contributed by atoms with Crippen molar-refractivity contribution < 1.29 is 9.18 Å². The number of rotatable bonds is 2. The first kappa shape index (κ1) is 19.3. The van der Waals surface area contributed by atoms with Crippen LogP contribution < -0.4 is 5.32 Å². The Labute approximate surface area is 164 Å². The third-order valence-electron chi connectivity index (χ3n) is 5.73. The predicted molar refractivity (Wildman–Crippen MR) is 107 cm³/mol. The maximum Gasteiger partial charge on any atom is 0.263 e. The molecule has 0 aliphatic carbocycles. The number of piperidine rings is 1. The van der Waals surface area contributed by atoms with Crippen LogP contribution in [-0.2, 0) is 0 Å². The van der Waals surface area contributed by atoms with E-state index in [-0.39, 0.29) is 24.1 Å². The molecule has 2 fully saturated rings. The Kier molecular flexibility index (Phi) is 5.70. The van der Waals surface area contributed by atoms with Gasteiger partial charge in [0.1, 0.15) is 5.82 Å². The first-order valence-electron chi connectivity index (χ1n) is 8.93. The first-order valence-corrected chi connectivity index (χ1v) is 9.74. The summed E-state index contributed by atoms with van der Waals surface area (Å²) in [4.78, 5) is 16.8. The fourth-order valence-corrected chi connectivity index (χ4v) is 5.08. The average molecular weight is 395 g/mol. The molecule has 2 aromatic rings. The van der Waals surface area contributed by atoms with Gasteiger partial charge in [-0.05, 0) is 67.5 Å². The van der Waals surface area contributed by atoms with Crippen molar-refractivity contribution in [3.8, 4) is 11.1 Å². The molecule has 0 saturated carbocycles. The highest BCUT2D eigenvalue weighted by Crippen LogP contribution is 2.38. The monoisotopic (exact) mass is 394 g/mol. The molecule has 0 atom stereocenters. The number of nitrogens with zero attached hydrogens (tertiary/aromatic N) is 1. The van der Waals surface area contributed by atoms with Crippen molar-refractivity contribution in [2.24, 2.45) is 5.41 Å². The third-order valence-corrected chi connectivity index (χ3v) is 6.77. The Bertz CT molecular complexity index is 774. The van der Waals surface area contributed by atoms with Gasteiger partial charge in [-0.2, -0.15) is 0 Å². The highest BCUT2D eigenvalue weighted by Gasteiger charge is 2.38.